The smallest absolute Gasteiger partial charge is 0.410 e. The lowest BCUT2D eigenvalue weighted by Gasteiger charge is -2.29. The zero-order valence-electron chi connectivity index (χ0n) is 32.3. The second kappa shape index (κ2) is 16.9. The third-order valence-corrected chi connectivity index (χ3v) is 8.05. The minimum absolute atomic E-state index is 0.00623. The number of esters is 1. The highest BCUT2D eigenvalue weighted by molar-refractivity contribution is 5.92. The minimum atomic E-state index is -0.218. The SMILES string of the molecule is CCC1C=C(C(C)(C)C)C(=O)O1.CCC1CC(C(C)(C)C)=NO1.CCC1CN(C(C)(C)C)C(=O)O1.CCn1cc(C(C)(C)C)c(=O)o1. The maximum Gasteiger partial charge on any atom is 0.410 e. The van der Waals surface area contributed by atoms with Crippen molar-refractivity contribution in [3.05, 3.63) is 33.8 Å². The van der Waals surface area contributed by atoms with Crippen LogP contribution in [0.1, 0.15) is 142 Å². The zero-order valence-corrected chi connectivity index (χ0v) is 32.3. The summed E-state index contributed by atoms with van der Waals surface area (Å²) in [5.74, 6) is -0.144. The van der Waals surface area contributed by atoms with E-state index >= 15 is 0 Å². The number of amides is 1. The van der Waals surface area contributed by atoms with Crippen molar-refractivity contribution in [1.29, 1.82) is 0 Å². The van der Waals surface area contributed by atoms with Gasteiger partial charge in [0.05, 0.1) is 24.4 Å². The number of cyclic esters (lactones) is 2. The quantitative estimate of drug-likeness (QED) is 0.296. The molecule has 1 aromatic rings. The molecule has 0 N–H and O–H groups in total. The van der Waals surface area contributed by atoms with Crippen LogP contribution in [0.25, 0.3) is 0 Å². The Morgan fingerprint density at radius 2 is 1.34 bits per heavy atom. The van der Waals surface area contributed by atoms with Crippen molar-refractivity contribution in [1.82, 2.24) is 9.64 Å². The minimum Gasteiger partial charge on any atom is -0.455 e. The number of hydrogen-bond acceptors (Lipinski definition) is 8. The van der Waals surface area contributed by atoms with Crippen LogP contribution < -0.4 is 5.63 Å². The molecule has 1 amide bonds. The average Bonchev–Trinajstić information content (AvgIpc) is 3.73. The molecule has 0 aliphatic carbocycles. The van der Waals surface area contributed by atoms with Gasteiger partial charge in [0.1, 0.15) is 18.3 Å². The summed E-state index contributed by atoms with van der Waals surface area (Å²) in [5.41, 5.74) is 2.40. The first kappa shape index (κ1) is 42.0. The average molecular weight is 664 g/mol. The van der Waals surface area contributed by atoms with E-state index < -0.39 is 0 Å². The number of aromatic nitrogens is 1. The summed E-state index contributed by atoms with van der Waals surface area (Å²) in [4.78, 5) is 40.9. The maximum absolute atomic E-state index is 11.3. The molecule has 4 rings (SSSR count). The van der Waals surface area contributed by atoms with Gasteiger partial charge in [0, 0.05) is 29.1 Å². The molecule has 3 aliphatic rings. The lowest BCUT2D eigenvalue weighted by atomic mass is 9.86. The second-order valence-corrected chi connectivity index (χ2v) is 16.4. The Morgan fingerprint density at radius 1 is 0.766 bits per heavy atom. The van der Waals surface area contributed by atoms with E-state index in [2.05, 4.69) is 32.9 Å². The number of carbonyl (C=O) groups is 2. The maximum atomic E-state index is 11.3. The van der Waals surface area contributed by atoms with Crippen LogP contribution in [0, 0.1) is 10.8 Å². The first-order chi connectivity index (χ1) is 21.4. The normalized spacial score (nSPS) is 21.2. The molecular weight excluding hydrogens is 598 g/mol. The third-order valence-electron chi connectivity index (χ3n) is 8.05. The van der Waals surface area contributed by atoms with Crippen molar-refractivity contribution in [3.8, 4) is 0 Å². The first-order valence-corrected chi connectivity index (χ1v) is 17.2. The van der Waals surface area contributed by atoms with Gasteiger partial charge in [0.15, 0.2) is 0 Å². The Morgan fingerprint density at radius 3 is 1.60 bits per heavy atom. The van der Waals surface area contributed by atoms with E-state index in [4.69, 9.17) is 18.8 Å². The van der Waals surface area contributed by atoms with Gasteiger partial charge >= 0.3 is 17.7 Å². The summed E-state index contributed by atoms with van der Waals surface area (Å²) in [6.45, 7) is 34.2. The zero-order chi connectivity index (χ0) is 36.5. The number of rotatable bonds is 4. The molecule has 3 aliphatic heterocycles. The Labute approximate surface area is 284 Å². The highest BCUT2D eigenvalue weighted by Crippen LogP contribution is 2.32. The van der Waals surface area contributed by atoms with Crippen LogP contribution in [0.3, 0.4) is 0 Å². The molecule has 3 unspecified atom stereocenters. The summed E-state index contributed by atoms with van der Waals surface area (Å²) in [5, 5.41) is 4.08. The van der Waals surface area contributed by atoms with Gasteiger partial charge in [-0.15, -0.1) is 0 Å². The van der Waals surface area contributed by atoms with E-state index in [0.29, 0.717) is 12.6 Å². The van der Waals surface area contributed by atoms with E-state index in [9.17, 15) is 14.4 Å². The highest BCUT2D eigenvalue weighted by atomic mass is 16.6. The van der Waals surface area contributed by atoms with Gasteiger partial charge in [-0.1, -0.05) is 88.2 Å². The molecule has 47 heavy (non-hydrogen) atoms. The van der Waals surface area contributed by atoms with Crippen LogP contribution in [0.5, 0.6) is 0 Å². The number of hydrogen-bond donors (Lipinski definition) is 0. The van der Waals surface area contributed by atoms with Gasteiger partial charge in [0.25, 0.3) is 0 Å². The van der Waals surface area contributed by atoms with Crippen molar-refractivity contribution in [2.75, 3.05) is 6.54 Å². The van der Waals surface area contributed by atoms with E-state index in [1.165, 1.54) is 5.71 Å². The molecular formula is C37H65N3O7. The molecule has 270 valence electrons. The van der Waals surface area contributed by atoms with E-state index in [1.807, 2.05) is 89.2 Å². The fraction of sp³-hybridized carbons (Fsp3) is 0.784. The number of ether oxygens (including phenoxy) is 2. The fourth-order valence-electron chi connectivity index (χ4n) is 4.65. The molecule has 0 radical (unpaired) electrons. The van der Waals surface area contributed by atoms with Crippen LogP contribution in [0.2, 0.25) is 0 Å². The molecule has 0 saturated carbocycles. The van der Waals surface area contributed by atoms with Crippen LogP contribution in [0.4, 0.5) is 4.79 Å². The molecule has 10 heteroatoms. The summed E-state index contributed by atoms with van der Waals surface area (Å²) in [7, 11) is 0. The Kier molecular flexibility index (Phi) is 15.1. The van der Waals surface area contributed by atoms with Gasteiger partial charge in [-0.3, -0.25) is 4.90 Å². The molecule has 3 atom stereocenters. The highest BCUT2D eigenvalue weighted by Gasteiger charge is 2.37. The molecule has 1 fully saturated rings. The van der Waals surface area contributed by atoms with Crippen LogP contribution in [-0.2, 0) is 31.1 Å². The number of aryl methyl sites for hydroxylation is 1. The number of carbonyl (C=O) groups excluding carboxylic acids is 2. The molecule has 1 aromatic heterocycles. The molecule has 10 nitrogen and oxygen atoms in total. The van der Waals surface area contributed by atoms with Crippen molar-refractivity contribution in [2.45, 2.75) is 172 Å². The van der Waals surface area contributed by atoms with Crippen molar-refractivity contribution in [2.24, 2.45) is 16.0 Å². The lowest BCUT2D eigenvalue weighted by Crippen LogP contribution is -2.42. The number of nitrogens with zero attached hydrogens (tertiary/aromatic N) is 3. The first-order valence-electron chi connectivity index (χ1n) is 17.2. The fourth-order valence-corrected chi connectivity index (χ4v) is 4.65. The number of oxime groups is 1. The van der Waals surface area contributed by atoms with Gasteiger partial charge in [-0.25, -0.2) is 19.1 Å². The third kappa shape index (κ3) is 13.2. The van der Waals surface area contributed by atoms with Crippen molar-refractivity contribution in [3.63, 3.8) is 0 Å². The van der Waals surface area contributed by atoms with Gasteiger partial charge < -0.3 is 18.8 Å². The Balaban J connectivity index is 0.000000314. The largest absolute Gasteiger partial charge is 0.455 e. The van der Waals surface area contributed by atoms with Gasteiger partial charge in [-0.05, 0) is 63.9 Å². The van der Waals surface area contributed by atoms with Crippen molar-refractivity contribution < 1.29 is 28.4 Å². The van der Waals surface area contributed by atoms with Gasteiger partial charge in [-0.2, -0.15) is 0 Å². The molecule has 1 saturated heterocycles. The lowest BCUT2D eigenvalue weighted by molar-refractivity contribution is -0.140. The Bertz CT molecular complexity index is 1280. The molecule has 0 spiro atoms. The molecule has 4 heterocycles. The predicted octanol–water partition coefficient (Wildman–Crippen LogP) is 8.66. The summed E-state index contributed by atoms with van der Waals surface area (Å²) >= 11 is 0. The predicted molar refractivity (Wildman–Crippen MR) is 189 cm³/mol. The van der Waals surface area contributed by atoms with E-state index in [1.54, 1.807) is 15.8 Å². The van der Waals surface area contributed by atoms with Crippen LogP contribution in [0.15, 0.2) is 32.3 Å². The molecule has 0 bridgehead atoms. The van der Waals surface area contributed by atoms with Crippen LogP contribution in [-0.4, -0.2) is 57.8 Å². The van der Waals surface area contributed by atoms with E-state index in [-0.39, 0.29) is 51.7 Å². The summed E-state index contributed by atoms with van der Waals surface area (Å²) < 4.78 is 16.8. The summed E-state index contributed by atoms with van der Waals surface area (Å²) in [6, 6.07) is 0. The van der Waals surface area contributed by atoms with Crippen molar-refractivity contribution >= 4 is 17.8 Å². The topological polar surface area (TPSA) is 113 Å². The standard InChI is InChI=1S/C10H16O2.C9H15NO2.C9H17NO2.C9H17NO/c1-5-7-6-8(9(11)12-7)10(2,3)4;1-5-10-6-7(8(11)12-10)9(2,3)4;1-5-7-6-10(8(11)12-7)9(2,3)4;1-5-7-6-8(10-11-7)9(2,3)4/h6-7H,5H2,1-4H3;6H,5H2,1-4H3;7H,5-6H2,1-4H3;7H,5-6H2,1-4H3. The molecule has 0 aromatic carbocycles. The monoisotopic (exact) mass is 663 g/mol. The van der Waals surface area contributed by atoms with E-state index in [0.717, 1.165) is 43.4 Å². The summed E-state index contributed by atoms with van der Waals surface area (Å²) in [6.07, 6.45) is 7.83. The Hall–Kier alpha value is -3.04. The van der Waals surface area contributed by atoms with Gasteiger partial charge in [0.2, 0.25) is 0 Å². The second-order valence-electron chi connectivity index (χ2n) is 16.4. The van der Waals surface area contributed by atoms with Crippen LogP contribution >= 0.6 is 0 Å².